The van der Waals surface area contributed by atoms with Crippen LogP contribution in [0.2, 0.25) is 0 Å². The number of nitrogens with one attached hydrogen (secondary N) is 1. The molecule has 1 atom stereocenters. The van der Waals surface area contributed by atoms with E-state index in [4.69, 9.17) is 5.84 Å². The second kappa shape index (κ2) is 5.98. The standard InChI is InChI=1S/C10H22N2O2/c1-4-5-6-8(9(13)12-11)7-10(2,3)14/h8,14H,4-7,11H2,1-3H3,(H,12,13)/t8-/m1/s1. The van der Waals surface area contributed by atoms with Crippen molar-refractivity contribution in [3.63, 3.8) is 0 Å². The van der Waals surface area contributed by atoms with Crippen molar-refractivity contribution in [3.05, 3.63) is 0 Å². The molecule has 0 aromatic rings. The number of aliphatic hydroxyl groups is 1. The summed E-state index contributed by atoms with van der Waals surface area (Å²) in [6.07, 6.45) is 3.26. The van der Waals surface area contributed by atoms with Crippen LogP contribution in [0.4, 0.5) is 0 Å². The fourth-order valence-electron chi connectivity index (χ4n) is 1.50. The van der Waals surface area contributed by atoms with E-state index in [1.807, 2.05) is 0 Å². The van der Waals surface area contributed by atoms with Gasteiger partial charge in [-0.05, 0) is 26.7 Å². The quantitative estimate of drug-likeness (QED) is 0.341. The number of hydrazine groups is 1. The normalized spacial score (nSPS) is 13.8. The van der Waals surface area contributed by atoms with Crippen molar-refractivity contribution in [3.8, 4) is 0 Å². The lowest BCUT2D eigenvalue weighted by Gasteiger charge is -2.23. The highest BCUT2D eigenvalue weighted by molar-refractivity contribution is 5.78. The van der Waals surface area contributed by atoms with Gasteiger partial charge in [0.15, 0.2) is 0 Å². The molecule has 0 rings (SSSR count). The van der Waals surface area contributed by atoms with E-state index in [9.17, 15) is 9.90 Å². The first-order valence-corrected chi connectivity index (χ1v) is 5.13. The fraction of sp³-hybridized carbons (Fsp3) is 0.900. The highest BCUT2D eigenvalue weighted by atomic mass is 16.3. The zero-order valence-corrected chi connectivity index (χ0v) is 9.34. The molecular weight excluding hydrogens is 180 g/mol. The van der Waals surface area contributed by atoms with E-state index < -0.39 is 5.60 Å². The zero-order chi connectivity index (χ0) is 11.2. The van der Waals surface area contributed by atoms with Crippen LogP contribution in [0.3, 0.4) is 0 Å². The summed E-state index contributed by atoms with van der Waals surface area (Å²) >= 11 is 0. The van der Waals surface area contributed by atoms with E-state index in [0.717, 1.165) is 19.3 Å². The van der Waals surface area contributed by atoms with Gasteiger partial charge in [0.2, 0.25) is 5.91 Å². The van der Waals surface area contributed by atoms with Crippen molar-refractivity contribution in [2.24, 2.45) is 11.8 Å². The largest absolute Gasteiger partial charge is 0.390 e. The lowest BCUT2D eigenvalue weighted by molar-refractivity contribution is -0.127. The van der Waals surface area contributed by atoms with Crippen LogP contribution in [0.1, 0.15) is 46.5 Å². The number of rotatable bonds is 6. The van der Waals surface area contributed by atoms with Crippen molar-refractivity contribution in [2.45, 2.75) is 52.1 Å². The molecule has 0 radical (unpaired) electrons. The number of unbranched alkanes of at least 4 members (excludes halogenated alkanes) is 1. The van der Waals surface area contributed by atoms with Gasteiger partial charge in [-0.1, -0.05) is 19.8 Å². The van der Waals surface area contributed by atoms with Crippen LogP contribution in [-0.2, 0) is 4.79 Å². The van der Waals surface area contributed by atoms with Crippen LogP contribution in [-0.4, -0.2) is 16.6 Å². The average Bonchev–Trinajstić information content (AvgIpc) is 2.09. The maximum absolute atomic E-state index is 11.3. The van der Waals surface area contributed by atoms with E-state index in [1.165, 1.54) is 0 Å². The molecule has 84 valence electrons. The van der Waals surface area contributed by atoms with E-state index in [2.05, 4.69) is 12.3 Å². The Morgan fingerprint density at radius 2 is 2.14 bits per heavy atom. The minimum atomic E-state index is -0.815. The Labute approximate surface area is 85.8 Å². The van der Waals surface area contributed by atoms with Gasteiger partial charge in [0, 0.05) is 5.92 Å². The summed E-state index contributed by atoms with van der Waals surface area (Å²) in [6, 6.07) is 0. The van der Waals surface area contributed by atoms with Crippen LogP contribution in [0.25, 0.3) is 0 Å². The molecule has 0 fully saturated rings. The minimum absolute atomic E-state index is 0.180. The highest BCUT2D eigenvalue weighted by Gasteiger charge is 2.24. The molecule has 0 saturated carbocycles. The molecule has 4 N–H and O–H groups in total. The molecule has 0 heterocycles. The Bertz CT molecular complexity index is 175. The molecule has 0 saturated heterocycles. The Kier molecular flexibility index (Phi) is 5.72. The first-order chi connectivity index (χ1) is 6.40. The number of amides is 1. The summed E-state index contributed by atoms with van der Waals surface area (Å²) in [5.74, 6) is 4.72. The highest BCUT2D eigenvalue weighted by Crippen LogP contribution is 2.21. The lowest BCUT2D eigenvalue weighted by Crippen LogP contribution is -2.39. The summed E-state index contributed by atoms with van der Waals surface area (Å²) in [4.78, 5) is 11.3. The third-order valence-electron chi connectivity index (χ3n) is 2.17. The molecule has 4 nitrogen and oxygen atoms in total. The Hall–Kier alpha value is -0.610. The molecule has 0 unspecified atom stereocenters. The van der Waals surface area contributed by atoms with Gasteiger partial charge in [-0.3, -0.25) is 10.2 Å². The van der Waals surface area contributed by atoms with Gasteiger partial charge in [0.25, 0.3) is 0 Å². The van der Waals surface area contributed by atoms with Gasteiger partial charge in [-0.15, -0.1) is 0 Å². The van der Waals surface area contributed by atoms with Crippen LogP contribution in [0.5, 0.6) is 0 Å². The van der Waals surface area contributed by atoms with E-state index in [1.54, 1.807) is 13.8 Å². The first kappa shape index (κ1) is 13.4. The molecule has 0 aromatic carbocycles. The molecule has 0 aliphatic carbocycles. The topological polar surface area (TPSA) is 75.3 Å². The average molecular weight is 202 g/mol. The molecular formula is C10H22N2O2. The molecule has 4 heteroatoms. The molecule has 14 heavy (non-hydrogen) atoms. The van der Waals surface area contributed by atoms with Crippen molar-refractivity contribution >= 4 is 5.91 Å². The van der Waals surface area contributed by atoms with Crippen molar-refractivity contribution in [2.75, 3.05) is 0 Å². The van der Waals surface area contributed by atoms with Crippen molar-refractivity contribution in [1.82, 2.24) is 5.43 Å². The summed E-state index contributed by atoms with van der Waals surface area (Å²) < 4.78 is 0. The van der Waals surface area contributed by atoms with E-state index in [-0.39, 0.29) is 11.8 Å². The van der Waals surface area contributed by atoms with Gasteiger partial charge in [0.1, 0.15) is 0 Å². The molecule has 1 amide bonds. The van der Waals surface area contributed by atoms with Crippen molar-refractivity contribution in [1.29, 1.82) is 0 Å². The van der Waals surface area contributed by atoms with Gasteiger partial charge in [0.05, 0.1) is 5.60 Å². The van der Waals surface area contributed by atoms with Crippen LogP contribution < -0.4 is 11.3 Å². The second-order valence-corrected chi connectivity index (χ2v) is 4.36. The summed E-state index contributed by atoms with van der Waals surface area (Å²) in [5, 5.41) is 9.61. The van der Waals surface area contributed by atoms with Crippen molar-refractivity contribution < 1.29 is 9.90 Å². The fourth-order valence-corrected chi connectivity index (χ4v) is 1.50. The van der Waals surface area contributed by atoms with E-state index in [0.29, 0.717) is 6.42 Å². The third-order valence-corrected chi connectivity index (χ3v) is 2.17. The predicted octanol–water partition coefficient (Wildman–Crippen LogP) is 0.944. The summed E-state index contributed by atoms with van der Waals surface area (Å²) in [5.41, 5.74) is 1.33. The monoisotopic (exact) mass is 202 g/mol. The maximum Gasteiger partial charge on any atom is 0.237 e. The van der Waals surface area contributed by atoms with Crippen LogP contribution in [0.15, 0.2) is 0 Å². The van der Waals surface area contributed by atoms with E-state index >= 15 is 0 Å². The molecule has 0 bridgehead atoms. The Morgan fingerprint density at radius 1 is 1.57 bits per heavy atom. The number of carbonyl (C=O) groups is 1. The zero-order valence-electron chi connectivity index (χ0n) is 9.34. The summed E-state index contributed by atoms with van der Waals surface area (Å²) in [7, 11) is 0. The van der Waals surface area contributed by atoms with Gasteiger partial charge in [-0.25, -0.2) is 5.84 Å². The lowest BCUT2D eigenvalue weighted by atomic mass is 9.89. The number of nitrogens with two attached hydrogens (primary N) is 1. The summed E-state index contributed by atoms with van der Waals surface area (Å²) in [6.45, 7) is 5.48. The van der Waals surface area contributed by atoms with Crippen LogP contribution >= 0.6 is 0 Å². The number of carbonyl (C=O) groups excluding carboxylic acids is 1. The molecule has 0 aromatic heterocycles. The number of hydrogen-bond acceptors (Lipinski definition) is 3. The number of hydrogen-bond donors (Lipinski definition) is 3. The van der Waals surface area contributed by atoms with Crippen LogP contribution in [0, 0.1) is 5.92 Å². The minimum Gasteiger partial charge on any atom is -0.390 e. The van der Waals surface area contributed by atoms with Gasteiger partial charge < -0.3 is 5.11 Å². The Morgan fingerprint density at radius 3 is 2.50 bits per heavy atom. The maximum atomic E-state index is 11.3. The Balaban J connectivity index is 4.18. The predicted molar refractivity (Wildman–Crippen MR) is 56.3 cm³/mol. The third kappa shape index (κ3) is 5.94. The van der Waals surface area contributed by atoms with Gasteiger partial charge >= 0.3 is 0 Å². The second-order valence-electron chi connectivity index (χ2n) is 4.36. The smallest absolute Gasteiger partial charge is 0.237 e. The molecule has 0 aliphatic heterocycles. The van der Waals surface area contributed by atoms with Gasteiger partial charge in [-0.2, -0.15) is 0 Å². The molecule has 0 spiro atoms. The molecule has 0 aliphatic rings. The SMILES string of the molecule is CCCC[C@H](CC(C)(C)O)C(=O)NN. The first-order valence-electron chi connectivity index (χ1n) is 5.13.